The van der Waals surface area contributed by atoms with Crippen LogP contribution in [-0.4, -0.2) is 32.9 Å². The third kappa shape index (κ3) is 3.58. The number of rotatable bonds is 5. The molecule has 0 radical (unpaired) electrons. The van der Waals surface area contributed by atoms with Crippen LogP contribution in [0.2, 0.25) is 0 Å². The van der Waals surface area contributed by atoms with Crippen molar-refractivity contribution in [2.24, 2.45) is 11.7 Å². The Hall–Kier alpha value is -1.33. The maximum absolute atomic E-state index is 13.3. The zero-order valence-electron chi connectivity index (χ0n) is 11.2. The lowest BCUT2D eigenvalue weighted by Gasteiger charge is -2.30. The van der Waals surface area contributed by atoms with Gasteiger partial charge in [-0.15, -0.1) is 0 Å². The van der Waals surface area contributed by atoms with E-state index in [9.17, 15) is 4.39 Å². The van der Waals surface area contributed by atoms with Gasteiger partial charge in [0.05, 0.1) is 7.11 Å². The number of benzene rings is 1. The van der Waals surface area contributed by atoms with Crippen LogP contribution in [0, 0.1) is 11.7 Å². The Bertz CT molecular complexity index is 408. The first-order valence-corrected chi connectivity index (χ1v) is 6.62. The number of nitrogens with one attached hydrogen (secondary N) is 1. The minimum absolute atomic E-state index is 0.180. The van der Waals surface area contributed by atoms with E-state index in [0.29, 0.717) is 12.5 Å². The fourth-order valence-electron chi connectivity index (χ4n) is 2.45. The predicted octanol–water partition coefficient (Wildman–Crippen LogP) is 2.00. The summed E-state index contributed by atoms with van der Waals surface area (Å²) in [6, 6.07) is 4.95. The molecule has 0 bridgehead atoms. The van der Waals surface area contributed by atoms with Crippen molar-refractivity contribution in [3.8, 4) is 5.75 Å². The van der Waals surface area contributed by atoms with E-state index >= 15 is 0 Å². The van der Waals surface area contributed by atoms with Gasteiger partial charge in [0.2, 0.25) is 0 Å². The topological polar surface area (TPSA) is 56.5 Å². The Morgan fingerprint density at radius 3 is 2.84 bits per heavy atom. The van der Waals surface area contributed by atoms with Gasteiger partial charge in [-0.05, 0) is 30.9 Å². The monoisotopic (exact) mass is 268 g/mol. The smallest absolute Gasteiger partial charge is 0.165 e. The maximum atomic E-state index is 13.3. The number of halogens is 1. The van der Waals surface area contributed by atoms with Crippen LogP contribution < -0.4 is 15.8 Å². The molecule has 1 aliphatic heterocycles. The molecule has 1 unspecified atom stereocenters. The molecule has 1 atom stereocenters. The molecule has 4 nitrogen and oxygen atoms in total. The predicted molar refractivity (Wildman–Crippen MR) is 73.0 cm³/mol. The Morgan fingerprint density at radius 1 is 1.47 bits per heavy atom. The molecule has 2 rings (SSSR count). The van der Waals surface area contributed by atoms with Gasteiger partial charge < -0.3 is 20.5 Å². The second-order valence-electron chi connectivity index (χ2n) is 4.79. The molecule has 0 aliphatic carbocycles. The standard InChI is InChI=1S/C14H21FN2O2/c1-18-14-8-11(2-3-12(14)15)17-13(9-16)10-4-6-19-7-5-10/h2-3,8,10,13,17H,4-7,9,16H2,1H3. The Balaban J connectivity index is 2.04. The molecular formula is C14H21FN2O2. The molecule has 0 spiro atoms. The van der Waals surface area contributed by atoms with E-state index in [-0.39, 0.29) is 17.6 Å². The molecule has 1 saturated heterocycles. The van der Waals surface area contributed by atoms with E-state index in [1.165, 1.54) is 13.2 Å². The van der Waals surface area contributed by atoms with Gasteiger partial charge in [0.1, 0.15) is 0 Å². The summed E-state index contributed by atoms with van der Waals surface area (Å²) in [5.41, 5.74) is 6.68. The largest absolute Gasteiger partial charge is 0.494 e. The van der Waals surface area contributed by atoms with Gasteiger partial charge in [0.25, 0.3) is 0 Å². The Kier molecular flexibility index (Phi) is 4.99. The van der Waals surface area contributed by atoms with E-state index in [2.05, 4.69) is 5.32 Å². The van der Waals surface area contributed by atoms with Crippen LogP contribution in [0.5, 0.6) is 5.75 Å². The highest BCUT2D eigenvalue weighted by molar-refractivity contribution is 5.49. The second-order valence-corrected chi connectivity index (χ2v) is 4.79. The van der Waals surface area contributed by atoms with Crippen LogP contribution >= 0.6 is 0 Å². The highest BCUT2D eigenvalue weighted by Crippen LogP contribution is 2.25. The molecule has 1 aliphatic rings. The van der Waals surface area contributed by atoms with Crippen molar-refractivity contribution in [1.82, 2.24) is 0 Å². The zero-order valence-corrected chi connectivity index (χ0v) is 11.2. The van der Waals surface area contributed by atoms with Crippen molar-refractivity contribution in [1.29, 1.82) is 0 Å². The molecule has 1 aromatic carbocycles. The third-order valence-electron chi connectivity index (χ3n) is 3.59. The van der Waals surface area contributed by atoms with Gasteiger partial charge in [-0.1, -0.05) is 0 Å². The summed E-state index contributed by atoms with van der Waals surface area (Å²) >= 11 is 0. The van der Waals surface area contributed by atoms with Crippen LogP contribution in [0.25, 0.3) is 0 Å². The Morgan fingerprint density at radius 2 is 2.21 bits per heavy atom. The summed E-state index contributed by atoms with van der Waals surface area (Å²) in [6.45, 7) is 2.12. The minimum atomic E-state index is -0.358. The number of hydrogen-bond acceptors (Lipinski definition) is 4. The lowest BCUT2D eigenvalue weighted by molar-refractivity contribution is 0.0613. The average molecular weight is 268 g/mol. The molecule has 19 heavy (non-hydrogen) atoms. The lowest BCUT2D eigenvalue weighted by atomic mass is 9.91. The molecular weight excluding hydrogens is 247 g/mol. The number of ether oxygens (including phenoxy) is 2. The molecule has 1 heterocycles. The van der Waals surface area contributed by atoms with E-state index in [4.69, 9.17) is 15.2 Å². The van der Waals surface area contributed by atoms with Crippen LogP contribution in [0.3, 0.4) is 0 Å². The zero-order chi connectivity index (χ0) is 13.7. The molecule has 106 valence electrons. The molecule has 0 aromatic heterocycles. The van der Waals surface area contributed by atoms with Crippen molar-refractivity contribution < 1.29 is 13.9 Å². The quantitative estimate of drug-likeness (QED) is 0.857. The average Bonchev–Trinajstić information content (AvgIpc) is 2.47. The summed E-state index contributed by atoms with van der Waals surface area (Å²) in [5.74, 6) is 0.381. The van der Waals surface area contributed by atoms with Crippen molar-refractivity contribution in [3.63, 3.8) is 0 Å². The number of nitrogens with two attached hydrogens (primary N) is 1. The van der Waals surface area contributed by atoms with Crippen molar-refractivity contribution in [2.75, 3.05) is 32.2 Å². The van der Waals surface area contributed by atoms with Gasteiger partial charge in [-0.25, -0.2) is 4.39 Å². The summed E-state index contributed by atoms with van der Waals surface area (Å²) in [7, 11) is 1.46. The highest BCUT2D eigenvalue weighted by Gasteiger charge is 2.23. The van der Waals surface area contributed by atoms with Crippen LogP contribution in [0.4, 0.5) is 10.1 Å². The van der Waals surface area contributed by atoms with Gasteiger partial charge in [-0.3, -0.25) is 0 Å². The Labute approximate surface area is 113 Å². The second kappa shape index (κ2) is 6.73. The first-order valence-electron chi connectivity index (χ1n) is 6.62. The van der Waals surface area contributed by atoms with Gasteiger partial charge in [0, 0.05) is 37.6 Å². The lowest BCUT2D eigenvalue weighted by Crippen LogP contribution is -2.39. The molecule has 1 fully saturated rings. The maximum Gasteiger partial charge on any atom is 0.165 e. The van der Waals surface area contributed by atoms with Gasteiger partial charge in [0.15, 0.2) is 11.6 Å². The fourth-order valence-corrected chi connectivity index (χ4v) is 2.45. The van der Waals surface area contributed by atoms with Crippen LogP contribution in [0.15, 0.2) is 18.2 Å². The highest BCUT2D eigenvalue weighted by atomic mass is 19.1. The van der Waals surface area contributed by atoms with Gasteiger partial charge >= 0.3 is 0 Å². The molecule has 3 N–H and O–H groups in total. The molecule has 5 heteroatoms. The number of anilines is 1. The van der Waals surface area contributed by atoms with Gasteiger partial charge in [-0.2, -0.15) is 0 Å². The SMILES string of the molecule is COc1cc(NC(CN)C2CCOCC2)ccc1F. The first kappa shape index (κ1) is 14.1. The van der Waals surface area contributed by atoms with Crippen molar-refractivity contribution >= 4 is 5.69 Å². The summed E-state index contributed by atoms with van der Waals surface area (Å²) < 4.78 is 23.7. The van der Waals surface area contributed by atoms with Crippen LogP contribution in [-0.2, 0) is 4.74 Å². The normalized spacial score (nSPS) is 18.1. The number of methoxy groups -OCH3 is 1. The minimum Gasteiger partial charge on any atom is -0.494 e. The molecule has 1 aromatic rings. The molecule has 0 amide bonds. The third-order valence-corrected chi connectivity index (χ3v) is 3.59. The fraction of sp³-hybridized carbons (Fsp3) is 0.571. The van der Waals surface area contributed by atoms with Crippen molar-refractivity contribution in [3.05, 3.63) is 24.0 Å². The van der Waals surface area contributed by atoms with Crippen LogP contribution in [0.1, 0.15) is 12.8 Å². The summed E-state index contributed by atoms with van der Waals surface area (Å²) in [6.07, 6.45) is 2.01. The summed E-state index contributed by atoms with van der Waals surface area (Å²) in [4.78, 5) is 0. The first-order chi connectivity index (χ1) is 9.24. The van der Waals surface area contributed by atoms with E-state index in [0.717, 1.165) is 31.7 Å². The van der Waals surface area contributed by atoms with Crippen molar-refractivity contribution in [2.45, 2.75) is 18.9 Å². The van der Waals surface area contributed by atoms with E-state index in [1.54, 1.807) is 12.1 Å². The summed E-state index contributed by atoms with van der Waals surface area (Å²) in [5, 5.41) is 3.37. The number of hydrogen-bond donors (Lipinski definition) is 2. The van der Waals surface area contributed by atoms with E-state index < -0.39 is 0 Å². The molecule has 0 saturated carbocycles. The van der Waals surface area contributed by atoms with E-state index in [1.807, 2.05) is 0 Å².